The number of hydrogen-bond donors (Lipinski definition) is 0. The van der Waals surface area contributed by atoms with Crippen molar-refractivity contribution in [2.24, 2.45) is 0 Å². The Morgan fingerprint density at radius 2 is 1.94 bits per heavy atom. The number of aromatic nitrogens is 2. The molecule has 0 unspecified atom stereocenters. The average Bonchev–Trinajstić information content (AvgIpc) is 2.70. The minimum absolute atomic E-state index is 0.295. The lowest BCUT2D eigenvalue weighted by Gasteiger charge is -1.99. The molecule has 0 aliphatic rings. The van der Waals surface area contributed by atoms with Crippen LogP contribution in [0.15, 0.2) is 18.2 Å². The standard InChI is InChI=1S/C10H7ClF2N2S/c11-5-10-15-14-9(16-10)3-6-1-2-7(12)4-8(6)13/h1-2,4H,3,5H2. The van der Waals surface area contributed by atoms with Crippen molar-refractivity contribution in [1.82, 2.24) is 10.2 Å². The predicted octanol–water partition coefficient (Wildman–Crippen LogP) is 3.15. The highest BCUT2D eigenvalue weighted by Crippen LogP contribution is 2.18. The first-order valence-corrected chi connectivity index (χ1v) is 5.85. The van der Waals surface area contributed by atoms with E-state index in [0.717, 1.165) is 6.07 Å². The van der Waals surface area contributed by atoms with Gasteiger partial charge in [0, 0.05) is 12.5 Å². The Morgan fingerprint density at radius 3 is 2.56 bits per heavy atom. The lowest BCUT2D eigenvalue weighted by atomic mass is 10.1. The Morgan fingerprint density at radius 1 is 1.19 bits per heavy atom. The monoisotopic (exact) mass is 260 g/mol. The first-order chi connectivity index (χ1) is 7.69. The van der Waals surface area contributed by atoms with E-state index in [-0.39, 0.29) is 0 Å². The van der Waals surface area contributed by atoms with Gasteiger partial charge in [0.05, 0.1) is 5.88 Å². The van der Waals surface area contributed by atoms with E-state index in [1.807, 2.05) is 0 Å². The highest BCUT2D eigenvalue weighted by atomic mass is 35.5. The largest absolute Gasteiger partial charge is 0.207 e. The summed E-state index contributed by atoms with van der Waals surface area (Å²) < 4.78 is 26.0. The Kier molecular flexibility index (Phi) is 3.46. The van der Waals surface area contributed by atoms with Crippen molar-refractivity contribution >= 4 is 22.9 Å². The molecule has 0 amide bonds. The average molecular weight is 261 g/mol. The number of nitrogens with zero attached hydrogens (tertiary/aromatic N) is 2. The van der Waals surface area contributed by atoms with Crippen LogP contribution in [0.25, 0.3) is 0 Å². The second kappa shape index (κ2) is 4.84. The van der Waals surface area contributed by atoms with E-state index in [1.165, 1.54) is 23.5 Å². The lowest BCUT2D eigenvalue weighted by molar-refractivity contribution is 0.574. The van der Waals surface area contributed by atoms with Gasteiger partial charge in [0.25, 0.3) is 0 Å². The maximum absolute atomic E-state index is 13.3. The molecule has 0 aliphatic heterocycles. The summed E-state index contributed by atoms with van der Waals surface area (Å²) in [5.41, 5.74) is 0.402. The fraction of sp³-hybridized carbons (Fsp3) is 0.200. The molecule has 2 aromatic rings. The van der Waals surface area contributed by atoms with Crippen molar-refractivity contribution < 1.29 is 8.78 Å². The molecule has 1 aromatic heterocycles. The molecule has 0 N–H and O–H groups in total. The van der Waals surface area contributed by atoms with Crippen LogP contribution in [-0.4, -0.2) is 10.2 Å². The van der Waals surface area contributed by atoms with Gasteiger partial charge in [-0.05, 0) is 11.6 Å². The molecule has 2 nitrogen and oxygen atoms in total. The van der Waals surface area contributed by atoms with Gasteiger partial charge in [-0.2, -0.15) is 0 Å². The zero-order valence-electron chi connectivity index (χ0n) is 8.08. The summed E-state index contributed by atoms with van der Waals surface area (Å²) >= 11 is 6.91. The first-order valence-electron chi connectivity index (χ1n) is 4.50. The van der Waals surface area contributed by atoms with Crippen molar-refractivity contribution in [3.8, 4) is 0 Å². The van der Waals surface area contributed by atoms with Crippen LogP contribution in [0.3, 0.4) is 0 Å². The summed E-state index contributed by atoms with van der Waals surface area (Å²) in [6, 6.07) is 3.49. The van der Waals surface area contributed by atoms with E-state index < -0.39 is 11.6 Å². The fourth-order valence-electron chi connectivity index (χ4n) is 1.24. The summed E-state index contributed by atoms with van der Waals surface area (Å²) in [4.78, 5) is 0. The minimum Gasteiger partial charge on any atom is -0.207 e. The maximum Gasteiger partial charge on any atom is 0.132 e. The van der Waals surface area contributed by atoms with Crippen molar-refractivity contribution in [3.63, 3.8) is 0 Å². The zero-order valence-corrected chi connectivity index (χ0v) is 9.66. The normalized spacial score (nSPS) is 10.7. The molecular formula is C10H7ClF2N2S. The van der Waals surface area contributed by atoms with E-state index in [0.29, 0.717) is 27.9 Å². The van der Waals surface area contributed by atoms with Gasteiger partial charge in [0.1, 0.15) is 21.6 Å². The van der Waals surface area contributed by atoms with E-state index in [9.17, 15) is 8.78 Å². The molecule has 16 heavy (non-hydrogen) atoms. The molecule has 6 heteroatoms. The van der Waals surface area contributed by atoms with Crippen LogP contribution in [0.5, 0.6) is 0 Å². The van der Waals surface area contributed by atoms with E-state index >= 15 is 0 Å². The summed E-state index contributed by atoms with van der Waals surface area (Å²) in [5, 5.41) is 9.05. The molecule has 0 fully saturated rings. The van der Waals surface area contributed by atoms with Crippen LogP contribution < -0.4 is 0 Å². The topological polar surface area (TPSA) is 25.8 Å². The minimum atomic E-state index is -0.583. The van der Waals surface area contributed by atoms with Gasteiger partial charge in [-0.25, -0.2) is 8.78 Å². The molecule has 1 heterocycles. The number of benzene rings is 1. The van der Waals surface area contributed by atoms with Gasteiger partial charge in [0.15, 0.2) is 0 Å². The van der Waals surface area contributed by atoms with Crippen LogP contribution in [0.4, 0.5) is 8.78 Å². The smallest absolute Gasteiger partial charge is 0.132 e. The highest BCUT2D eigenvalue weighted by Gasteiger charge is 2.08. The summed E-state index contributed by atoms with van der Waals surface area (Å²) in [5.74, 6) is -0.855. The Bertz CT molecular complexity index is 501. The van der Waals surface area contributed by atoms with E-state index in [4.69, 9.17) is 11.6 Å². The number of hydrogen-bond acceptors (Lipinski definition) is 3. The summed E-state index contributed by atoms with van der Waals surface area (Å²) in [7, 11) is 0. The molecule has 0 bridgehead atoms. The quantitative estimate of drug-likeness (QED) is 0.793. The van der Waals surface area contributed by atoms with Crippen LogP contribution in [0.2, 0.25) is 0 Å². The Balaban J connectivity index is 2.20. The van der Waals surface area contributed by atoms with E-state index in [1.54, 1.807) is 0 Å². The van der Waals surface area contributed by atoms with Crippen molar-refractivity contribution in [3.05, 3.63) is 45.4 Å². The van der Waals surface area contributed by atoms with Crippen LogP contribution >= 0.6 is 22.9 Å². The van der Waals surface area contributed by atoms with Crippen molar-refractivity contribution in [2.75, 3.05) is 0 Å². The summed E-state index contributed by atoms with van der Waals surface area (Å²) in [6.45, 7) is 0. The number of alkyl halides is 1. The van der Waals surface area contributed by atoms with Crippen LogP contribution in [0.1, 0.15) is 15.6 Å². The zero-order chi connectivity index (χ0) is 11.5. The van der Waals surface area contributed by atoms with Gasteiger partial charge in [0.2, 0.25) is 0 Å². The molecule has 0 saturated carbocycles. The highest BCUT2D eigenvalue weighted by molar-refractivity contribution is 7.11. The molecule has 0 aliphatic carbocycles. The first kappa shape index (κ1) is 11.4. The van der Waals surface area contributed by atoms with Gasteiger partial charge in [-0.15, -0.1) is 21.8 Å². The third-order valence-electron chi connectivity index (χ3n) is 1.98. The van der Waals surface area contributed by atoms with Crippen LogP contribution in [0, 0.1) is 11.6 Å². The van der Waals surface area contributed by atoms with Gasteiger partial charge >= 0.3 is 0 Å². The Labute approximate surface area is 99.9 Å². The van der Waals surface area contributed by atoms with Gasteiger partial charge < -0.3 is 0 Å². The van der Waals surface area contributed by atoms with Crippen LogP contribution in [-0.2, 0) is 12.3 Å². The molecule has 1 aromatic carbocycles. The van der Waals surface area contributed by atoms with Crippen molar-refractivity contribution in [1.29, 1.82) is 0 Å². The van der Waals surface area contributed by atoms with E-state index in [2.05, 4.69) is 10.2 Å². The second-order valence-electron chi connectivity index (χ2n) is 3.14. The second-order valence-corrected chi connectivity index (χ2v) is 4.55. The fourth-order valence-corrected chi connectivity index (χ4v) is 2.18. The maximum atomic E-state index is 13.3. The molecule has 0 radical (unpaired) electrons. The number of halogens is 3. The molecule has 0 spiro atoms. The third-order valence-corrected chi connectivity index (χ3v) is 3.31. The van der Waals surface area contributed by atoms with Gasteiger partial charge in [-0.3, -0.25) is 0 Å². The lowest BCUT2D eigenvalue weighted by Crippen LogP contribution is -1.93. The Hall–Kier alpha value is -1.07. The summed E-state index contributed by atoms with van der Waals surface area (Å²) in [6.07, 6.45) is 0.306. The molecular weight excluding hydrogens is 254 g/mol. The number of rotatable bonds is 3. The molecule has 84 valence electrons. The third kappa shape index (κ3) is 2.54. The SMILES string of the molecule is Fc1ccc(Cc2nnc(CCl)s2)c(F)c1. The van der Waals surface area contributed by atoms with Gasteiger partial charge in [-0.1, -0.05) is 17.4 Å². The van der Waals surface area contributed by atoms with Crippen molar-refractivity contribution in [2.45, 2.75) is 12.3 Å². The molecule has 0 saturated heterocycles. The molecule has 2 rings (SSSR count). The molecule has 0 atom stereocenters. The predicted molar refractivity (Wildman–Crippen MR) is 58.6 cm³/mol.